The number of carbonyl (C=O) groups is 1. The van der Waals surface area contributed by atoms with Crippen LogP contribution >= 0.6 is 15.9 Å². The smallest absolute Gasteiger partial charge is 0.278 e. The summed E-state index contributed by atoms with van der Waals surface area (Å²) in [5, 5.41) is 0. The summed E-state index contributed by atoms with van der Waals surface area (Å²) < 4.78 is 39.9. The number of hydrogen-bond donors (Lipinski definition) is 0. The van der Waals surface area contributed by atoms with E-state index < -0.39 is 22.5 Å². The van der Waals surface area contributed by atoms with Crippen molar-refractivity contribution >= 4 is 37.5 Å². The molecule has 0 unspecified atom stereocenters. The third kappa shape index (κ3) is 5.62. The van der Waals surface area contributed by atoms with Crippen molar-refractivity contribution in [3.05, 3.63) is 81.8 Å². The summed E-state index contributed by atoms with van der Waals surface area (Å²) >= 11 is 3.53. The fourth-order valence-corrected chi connectivity index (χ4v) is 5.17. The van der Waals surface area contributed by atoms with Crippen LogP contribution in [0.2, 0.25) is 0 Å². The molecule has 0 saturated heterocycles. The lowest BCUT2D eigenvalue weighted by molar-refractivity contribution is -0.119. The van der Waals surface area contributed by atoms with E-state index in [0.717, 1.165) is 25.5 Å². The van der Waals surface area contributed by atoms with E-state index in [2.05, 4.69) is 15.9 Å². The molecule has 8 heteroatoms. The summed E-state index contributed by atoms with van der Waals surface area (Å²) in [5.74, 6) is 0.538. The van der Waals surface area contributed by atoms with Gasteiger partial charge in [0, 0.05) is 4.47 Å². The molecule has 0 N–H and O–H groups in total. The first-order valence-electron chi connectivity index (χ1n) is 10.8. The number of carbonyl (C=O) groups excluding carboxylic acids is 1. The maximum Gasteiger partial charge on any atom is 0.278 e. The zero-order valence-electron chi connectivity index (χ0n) is 19.8. The van der Waals surface area contributed by atoms with Crippen LogP contribution in [0.3, 0.4) is 0 Å². The van der Waals surface area contributed by atoms with Gasteiger partial charge >= 0.3 is 0 Å². The number of hydrogen-bond acceptors (Lipinski definition) is 5. The van der Waals surface area contributed by atoms with Gasteiger partial charge in [-0.1, -0.05) is 47.5 Å². The van der Waals surface area contributed by atoms with Crippen LogP contribution in [-0.4, -0.2) is 28.0 Å². The molecule has 34 heavy (non-hydrogen) atoms. The molecular formula is C26H28BrNO5S. The molecule has 3 rings (SSSR count). The molecule has 0 bridgehead atoms. The van der Waals surface area contributed by atoms with E-state index in [0.29, 0.717) is 11.5 Å². The van der Waals surface area contributed by atoms with Gasteiger partial charge in [0.05, 0.1) is 17.7 Å². The third-order valence-corrected chi connectivity index (χ3v) is 7.97. The molecule has 6 nitrogen and oxygen atoms in total. The number of ether oxygens (including phenoxy) is 2. The summed E-state index contributed by atoms with van der Waals surface area (Å²) in [4.78, 5) is 13.4. The van der Waals surface area contributed by atoms with Gasteiger partial charge in [0.1, 0.15) is 11.5 Å². The Morgan fingerprint density at radius 3 is 2.18 bits per heavy atom. The van der Waals surface area contributed by atoms with E-state index in [1.807, 2.05) is 39.8 Å². The molecule has 0 atom stereocenters. The number of benzene rings is 3. The largest absolute Gasteiger partial charge is 0.497 e. The normalized spacial score (nSPS) is 11.4. The van der Waals surface area contributed by atoms with E-state index in [9.17, 15) is 13.2 Å². The highest BCUT2D eigenvalue weighted by molar-refractivity contribution is 9.10. The molecular weight excluding hydrogens is 518 g/mol. The van der Waals surface area contributed by atoms with Crippen LogP contribution in [0.4, 0.5) is 5.69 Å². The molecule has 3 aromatic rings. The van der Waals surface area contributed by atoms with Crippen LogP contribution in [-0.2, 0) is 14.8 Å². The van der Waals surface area contributed by atoms with Crippen molar-refractivity contribution in [2.24, 2.45) is 0 Å². The first-order chi connectivity index (χ1) is 16.0. The lowest BCUT2D eigenvalue weighted by atomic mass is 10.0. The van der Waals surface area contributed by atoms with Crippen LogP contribution in [0.5, 0.6) is 11.5 Å². The lowest BCUT2D eigenvalue weighted by Gasteiger charge is -2.24. The molecule has 180 valence electrons. The van der Waals surface area contributed by atoms with Crippen molar-refractivity contribution < 1.29 is 22.7 Å². The van der Waals surface area contributed by atoms with Crippen molar-refractivity contribution in [3.8, 4) is 11.5 Å². The molecule has 0 fully saturated rings. The number of rotatable bonds is 8. The van der Waals surface area contributed by atoms with Gasteiger partial charge in [-0.25, -0.2) is 8.42 Å². The fraction of sp³-hybridized carbons (Fsp3) is 0.269. The Hall–Kier alpha value is -2.84. The zero-order chi connectivity index (χ0) is 25.0. The number of nitrogens with zero attached hydrogens (tertiary/aromatic N) is 1. The minimum Gasteiger partial charge on any atom is -0.497 e. The molecule has 0 radical (unpaired) electrons. The van der Waals surface area contributed by atoms with Crippen LogP contribution in [0, 0.1) is 13.8 Å². The van der Waals surface area contributed by atoms with Crippen LogP contribution in [0.1, 0.15) is 36.5 Å². The second-order valence-electron chi connectivity index (χ2n) is 8.26. The molecule has 0 saturated carbocycles. The van der Waals surface area contributed by atoms with Crippen LogP contribution in [0.25, 0.3) is 0 Å². The van der Waals surface area contributed by atoms with E-state index in [1.54, 1.807) is 24.3 Å². The number of aryl methyl sites for hydroxylation is 2. The Kier molecular flexibility index (Phi) is 8.05. The minimum atomic E-state index is -4.18. The Balaban J connectivity index is 1.99. The van der Waals surface area contributed by atoms with Crippen LogP contribution in [0.15, 0.2) is 70.0 Å². The maximum absolute atomic E-state index is 13.5. The predicted octanol–water partition coefficient (Wildman–Crippen LogP) is 6.00. The number of amides is 1. The standard InChI is InChI=1S/C26H28BrNO5S/c1-17(2)23-15-24(27)19(4)14-25(23)33-16-26(29)28(20-8-10-21(32-5)11-9-20)34(30,31)22-12-6-18(3)7-13-22/h6-15,17H,16H2,1-5H3. The molecule has 0 heterocycles. The first kappa shape index (κ1) is 25.8. The Morgan fingerprint density at radius 1 is 1.00 bits per heavy atom. The Bertz CT molecular complexity index is 1270. The highest BCUT2D eigenvalue weighted by Crippen LogP contribution is 2.33. The summed E-state index contributed by atoms with van der Waals surface area (Å²) in [5.41, 5.74) is 2.98. The molecule has 0 aliphatic carbocycles. The molecule has 1 amide bonds. The number of methoxy groups -OCH3 is 1. The highest BCUT2D eigenvalue weighted by atomic mass is 79.9. The van der Waals surface area contributed by atoms with Gasteiger partial charge in [0.15, 0.2) is 6.61 Å². The second kappa shape index (κ2) is 10.6. The van der Waals surface area contributed by atoms with Crippen molar-refractivity contribution in [3.63, 3.8) is 0 Å². The second-order valence-corrected chi connectivity index (χ2v) is 10.9. The van der Waals surface area contributed by atoms with E-state index in [1.165, 1.54) is 31.4 Å². The fourth-order valence-electron chi connectivity index (χ4n) is 3.39. The minimum absolute atomic E-state index is 0.0182. The molecule has 0 aromatic heterocycles. The Labute approximate surface area is 209 Å². The molecule has 0 aliphatic heterocycles. The quantitative estimate of drug-likeness (QED) is 0.347. The average Bonchev–Trinajstić information content (AvgIpc) is 2.80. The lowest BCUT2D eigenvalue weighted by Crippen LogP contribution is -2.40. The van der Waals surface area contributed by atoms with Gasteiger partial charge in [-0.05, 0) is 79.4 Å². The maximum atomic E-state index is 13.5. The first-order valence-corrected chi connectivity index (χ1v) is 13.0. The number of anilines is 1. The zero-order valence-corrected chi connectivity index (χ0v) is 22.2. The van der Waals surface area contributed by atoms with Gasteiger partial charge in [0.25, 0.3) is 15.9 Å². The van der Waals surface area contributed by atoms with E-state index >= 15 is 0 Å². The summed E-state index contributed by atoms with van der Waals surface area (Å²) in [6.45, 7) is 7.39. The monoisotopic (exact) mass is 545 g/mol. The summed E-state index contributed by atoms with van der Waals surface area (Å²) in [6.07, 6.45) is 0. The average molecular weight is 546 g/mol. The van der Waals surface area contributed by atoms with Crippen molar-refractivity contribution in [2.45, 2.75) is 38.5 Å². The van der Waals surface area contributed by atoms with Gasteiger partial charge in [-0.2, -0.15) is 4.31 Å². The van der Waals surface area contributed by atoms with Crippen LogP contribution < -0.4 is 13.8 Å². The predicted molar refractivity (Wildman–Crippen MR) is 137 cm³/mol. The highest BCUT2D eigenvalue weighted by Gasteiger charge is 2.31. The van der Waals surface area contributed by atoms with Gasteiger partial charge in [-0.15, -0.1) is 0 Å². The summed E-state index contributed by atoms with van der Waals surface area (Å²) in [6, 6.07) is 16.5. The molecule has 0 aliphatic rings. The van der Waals surface area contributed by atoms with Crippen molar-refractivity contribution in [2.75, 3.05) is 18.0 Å². The van der Waals surface area contributed by atoms with E-state index in [-0.39, 0.29) is 16.5 Å². The van der Waals surface area contributed by atoms with E-state index in [4.69, 9.17) is 9.47 Å². The third-order valence-electron chi connectivity index (χ3n) is 5.36. The molecule has 3 aromatic carbocycles. The topological polar surface area (TPSA) is 72.9 Å². The SMILES string of the molecule is COc1ccc(N(C(=O)COc2cc(C)c(Br)cc2C(C)C)S(=O)(=O)c2ccc(C)cc2)cc1. The number of sulfonamides is 1. The summed E-state index contributed by atoms with van der Waals surface area (Å²) in [7, 11) is -2.66. The Morgan fingerprint density at radius 2 is 1.62 bits per heavy atom. The van der Waals surface area contributed by atoms with Gasteiger partial charge < -0.3 is 9.47 Å². The molecule has 0 spiro atoms. The van der Waals surface area contributed by atoms with Crippen molar-refractivity contribution in [1.29, 1.82) is 0 Å². The van der Waals surface area contributed by atoms with Crippen molar-refractivity contribution in [1.82, 2.24) is 0 Å². The van der Waals surface area contributed by atoms with Gasteiger partial charge in [-0.3, -0.25) is 4.79 Å². The number of halogens is 1. The van der Waals surface area contributed by atoms with Gasteiger partial charge in [0.2, 0.25) is 0 Å².